The van der Waals surface area contributed by atoms with E-state index in [0.717, 1.165) is 86.2 Å². The molecule has 3 aromatic rings. The van der Waals surface area contributed by atoms with Crippen molar-refractivity contribution in [2.45, 2.75) is 83.3 Å². The molecule has 0 amide bonds. The molecular formula is C29H38N4O3. The summed E-state index contributed by atoms with van der Waals surface area (Å²) in [5.74, 6) is 2.00. The quantitative estimate of drug-likeness (QED) is 0.347. The van der Waals surface area contributed by atoms with Gasteiger partial charge >= 0.3 is 0 Å². The number of piperidine rings is 1. The standard InChI is InChI=1S/C29H38N4O3/c1-3-4-10-26-24(20-28(32-31-26)36-23-13-16-33(2)17-14-23)21-11-12-27(35-22-8-6-5-7-9-22)25(19-21)29-30-15-18-34-29/h11-12,15,18-20,22-23H,3-10,13-14,16-17H2,1-2H3. The third kappa shape index (κ3) is 6.06. The molecule has 192 valence electrons. The number of aromatic nitrogens is 3. The van der Waals surface area contributed by atoms with Gasteiger partial charge in [0.15, 0.2) is 0 Å². The molecule has 0 unspecified atom stereocenters. The van der Waals surface area contributed by atoms with Crippen LogP contribution in [0.5, 0.6) is 11.6 Å². The molecule has 1 saturated heterocycles. The number of unbranched alkanes of at least 4 members (excludes halogenated alkanes) is 1. The second kappa shape index (κ2) is 11.9. The van der Waals surface area contributed by atoms with Crippen LogP contribution in [0.25, 0.3) is 22.6 Å². The van der Waals surface area contributed by atoms with Gasteiger partial charge in [0.1, 0.15) is 18.1 Å². The average molecular weight is 491 g/mol. The zero-order valence-electron chi connectivity index (χ0n) is 21.6. The van der Waals surface area contributed by atoms with E-state index in [0.29, 0.717) is 11.8 Å². The van der Waals surface area contributed by atoms with Crippen LogP contribution in [0.3, 0.4) is 0 Å². The molecule has 0 radical (unpaired) electrons. The number of hydrogen-bond donors (Lipinski definition) is 0. The molecule has 1 aliphatic heterocycles. The Morgan fingerprint density at radius 3 is 2.50 bits per heavy atom. The third-order valence-electron chi connectivity index (χ3n) is 7.37. The fraction of sp³-hybridized carbons (Fsp3) is 0.552. The first-order chi connectivity index (χ1) is 17.7. The Bertz CT molecular complexity index is 1100. The number of likely N-dealkylation sites (tertiary alicyclic amines) is 1. The maximum Gasteiger partial charge on any atom is 0.234 e. The SMILES string of the molecule is CCCCc1nnc(OC2CCN(C)CC2)cc1-c1ccc(OC2CCCCC2)c(-c2ncco2)c1. The highest BCUT2D eigenvalue weighted by molar-refractivity contribution is 5.75. The number of nitrogens with zero attached hydrogens (tertiary/aromatic N) is 4. The molecule has 2 fully saturated rings. The van der Waals surface area contributed by atoms with Crippen molar-refractivity contribution in [2.24, 2.45) is 0 Å². The van der Waals surface area contributed by atoms with Crippen LogP contribution in [0.1, 0.15) is 70.4 Å². The molecular weight excluding hydrogens is 452 g/mol. The highest BCUT2D eigenvalue weighted by Crippen LogP contribution is 2.37. The van der Waals surface area contributed by atoms with Crippen LogP contribution in [-0.2, 0) is 6.42 Å². The molecule has 0 atom stereocenters. The maximum atomic E-state index is 6.47. The van der Waals surface area contributed by atoms with Crippen molar-refractivity contribution in [3.8, 4) is 34.2 Å². The zero-order chi connectivity index (χ0) is 24.7. The Labute approximate surface area is 214 Å². The summed E-state index contributed by atoms with van der Waals surface area (Å²) in [6.45, 7) is 4.28. The van der Waals surface area contributed by atoms with E-state index in [2.05, 4.69) is 58.3 Å². The van der Waals surface area contributed by atoms with Crippen LogP contribution < -0.4 is 9.47 Å². The first-order valence-corrected chi connectivity index (χ1v) is 13.6. The fourth-order valence-corrected chi connectivity index (χ4v) is 5.20. The zero-order valence-corrected chi connectivity index (χ0v) is 21.6. The number of rotatable bonds is 9. The van der Waals surface area contributed by atoms with E-state index in [1.165, 1.54) is 19.3 Å². The van der Waals surface area contributed by atoms with Crippen molar-refractivity contribution in [3.63, 3.8) is 0 Å². The Kier molecular flexibility index (Phi) is 8.16. The number of oxazole rings is 1. The summed E-state index contributed by atoms with van der Waals surface area (Å²) in [6, 6.07) is 8.36. The van der Waals surface area contributed by atoms with E-state index < -0.39 is 0 Å². The van der Waals surface area contributed by atoms with Gasteiger partial charge in [-0.1, -0.05) is 25.8 Å². The minimum atomic E-state index is 0.180. The first kappa shape index (κ1) is 24.8. The van der Waals surface area contributed by atoms with Crippen LogP contribution in [0, 0.1) is 0 Å². The molecule has 2 aromatic heterocycles. The molecule has 3 heterocycles. The molecule has 7 heteroatoms. The summed E-state index contributed by atoms with van der Waals surface area (Å²) < 4.78 is 18.5. The summed E-state index contributed by atoms with van der Waals surface area (Å²) in [6.07, 6.45) is 14.7. The van der Waals surface area contributed by atoms with Crippen LogP contribution in [0.15, 0.2) is 41.1 Å². The van der Waals surface area contributed by atoms with Crippen molar-refractivity contribution < 1.29 is 13.9 Å². The molecule has 0 spiro atoms. The van der Waals surface area contributed by atoms with Crippen LogP contribution in [0.4, 0.5) is 0 Å². The Morgan fingerprint density at radius 2 is 1.75 bits per heavy atom. The lowest BCUT2D eigenvalue weighted by molar-refractivity contribution is 0.109. The van der Waals surface area contributed by atoms with E-state index in [4.69, 9.17) is 13.9 Å². The van der Waals surface area contributed by atoms with Gasteiger partial charge in [0.2, 0.25) is 11.8 Å². The van der Waals surface area contributed by atoms with E-state index in [1.807, 2.05) is 0 Å². The predicted molar refractivity (Wildman–Crippen MR) is 140 cm³/mol. The highest BCUT2D eigenvalue weighted by atomic mass is 16.5. The van der Waals surface area contributed by atoms with Crippen molar-refractivity contribution in [2.75, 3.05) is 20.1 Å². The van der Waals surface area contributed by atoms with Gasteiger partial charge in [-0.05, 0) is 76.1 Å². The van der Waals surface area contributed by atoms with Gasteiger partial charge in [-0.15, -0.1) is 5.10 Å². The van der Waals surface area contributed by atoms with Gasteiger partial charge in [-0.2, -0.15) is 5.10 Å². The average Bonchev–Trinajstić information content (AvgIpc) is 3.45. The fourth-order valence-electron chi connectivity index (χ4n) is 5.20. The van der Waals surface area contributed by atoms with Crippen LogP contribution in [-0.4, -0.2) is 52.4 Å². The number of ether oxygens (including phenoxy) is 2. The summed E-state index contributed by atoms with van der Waals surface area (Å²) >= 11 is 0. The lowest BCUT2D eigenvalue weighted by atomic mass is 9.97. The van der Waals surface area contributed by atoms with Crippen molar-refractivity contribution in [3.05, 3.63) is 42.4 Å². The Hall–Kier alpha value is -2.93. The van der Waals surface area contributed by atoms with Crippen LogP contribution >= 0.6 is 0 Å². The van der Waals surface area contributed by atoms with Gasteiger partial charge < -0.3 is 18.8 Å². The molecule has 2 aliphatic rings. The topological polar surface area (TPSA) is 73.5 Å². The van der Waals surface area contributed by atoms with Gasteiger partial charge in [0, 0.05) is 24.7 Å². The summed E-state index contributed by atoms with van der Waals surface area (Å²) in [5.41, 5.74) is 3.97. The molecule has 0 N–H and O–H groups in total. The Balaban J connectivity index is 1.47. The summed E-state index contributed by atoms with van der Waals surface area (Å²) in [7, 11) is 2.16. The number of benzene rings is 1. The smallest absolute Gasteiger partial charge is 0.234 e. The lowest BCUT2D eigenvalue weighted by Gasteiger charge is -2.29. The summed E-state index contributed by atoms with van der Waals surface area (Å²) in [5, 5.41) is 9.08. The molecule has 5 rings (SSSR count). The molecule has 1 aromatic carbocycles. The molecule has 7 nitrogen and oxygen atoms in total. The van der Waals surface area contributed by atoms with Crippen molar-refractivity contribution >= 4 is 0 Å². The van der Waals surface area contributed by atoms with E-state index in [1.54, 1.807) is 12.5 Å². The molecule has 36 heavy (non-hydrogen) atoms. The van der Waals surface area contributed by atoms with Gasteiger partial charge in [-0.3, -0.25) is 0 Å². The van der Waals surface area contributed by atoms with Gasteiger partial charge in [-0.25, -0.2) is 4.98 Å². The molecule has 1 aliphatic carbocycles. The molecule has 1 saturated carbocycles. The second-order valence-electron chi connectivity index (χ2n) is 10.2. The number of aryl methyl sites for hydroxylation is 1. The predicted octanol–water partition coefficient (Wildman–Crippen LogP) is 6.33. The monoisotopic (exact) mass is 490 g/mol. The minimum absolute atomic E-state index is 0.180. The first-order valence-electron chi connectivity index (χ1n) is 13.6. The molecule has 0 bridgehead atoms. The van der Waals surface area contributed by atoms with Gasteiger partial charge in [0.05, 0.1) is 23.6 Å². The van der Waals surface area contributed by atoms with E-state index in [-0.39, 0.29) is 12.2 Å². The Morgan fingerprint density at radius 1 is 0.944 bits per heavy atom. The third-order valence-corrected chi connectivity index (χ3v) is 7.37. The van der Waals surface area contributed by atoms with Crippen molar-refractivity contribution in [1.82, 2.24) is 20.1 Å². The van der Waals surface area contributed by atoms with Crippen LogP contribution in [0.2, 0.25) is 0 Å². The largest absolute Gasteiger partial charge is 0.490 e. The lowest BCUT2D eigenvalue weighted by Crippen LogP contribution is -2.35. The highest BCUT2D eigenvalue weighted by Gasteiger charge is 2.22. The normalized spacial score (nSPS) is 17.8. The minimum Gasteiger partial charge on any atom is -0.490 e. The van der Waals surface area contributed by atoms with Gasteiger partial charge in [0.25, 0.3) is 0 Å². The second-order valence-corrected chi connectivity index (χ2v) is 10.2. The van der Waals surface area contributed by atoms with E-state index >= 15 is 0 Å². The summed E-state index contributed by atoms with van der Waals surface area (Å²) in [4.78, 5) is 6.78. The van der Waals surface area contributed by atoms with E-state index in [9.17, 15) is 0 Å². The maximum absolute atomic E-state index is 6.47. The van der Waals surface area contributed by atoms with Crippen molar-refractivity contribution in [1.29, 1.82) is 0 Å². The number of hydrogen-bond acceptors (Lipinski definition) is 7.